The van der Waals surface area contributed by atoms with Crippen LogP contribution in [0.3, 0.4) is 0 Å². The molecule has 0 saturated carbocycles. The molecule has 0 atom stereocenters. The smallest absolute Gasteiger partial charge is 0.233 e. The Morgan fingerprint density at radius 3 is 2.38 bits per heavy atom. The minimum absolute atomic E-state index is 0.0929. The average molecular weight is 282 g/mol. The molecule has 1 aliphatic rings. The van der Waals surface area contributed by atoms with Crippen molar-refractivity contribution < 1.29 is 9.59 Å². The van der Waals surface area contributed by atoms with Gasteiger partial charge in [0.15, 0.2) is 0 Å². The molecule has 0 spiro atoms. The van der Waals surface area contributed by atoms with Crippen LogP contribution in [-0.2, 0) is 14.9 Å². The Kier molecular flexibility index (Phi) is 3.39. The lowest BCUT2D eigenvalue weighted by molar-refractivity contribution is -0.129. The summed E-state index contributed by atoms with van der Waals surface area (Å²) in [6.45, 7) is 0. The quantitative estimate of drug-likeness (QED) is 0.617. The van der Waals surface area contributed by atoms with E-state index in [4.69, 9.17) is 0 Å². The van der Waals surface area contributed by atoms with Crippen LogP contribution in [0.1, 0.15) is 24.8 Å². The molecule has 1 fully saturated rings. The molecule has 0 aliphatic carbocycles. The van der Waals surface area contributed by atoms with Crippen molar-refractivity contribution >= 4 is 33.4 Å². The SMILES string of the molecule is O=C1CCCC(=O)N1c1ccccc1CBr. The number of imide groups is 1. The second-order valence-electron chi connectivity index (χ2n) is 3.74. The van der Waals surface area contributed by atoms with Crippen molar-refractivity contribution in [2.45, 2.75) is 24.6 Å². The molecule has 0 aromatic heterocycles. The number of benzene rings is 1. The summed E-state index contributed by atoms with van der Waals surface area (Å²) in [6, 6.07) is 7.48. The first kappa shape index (κ1) is 11.3. The van der Waals surface area contributed by atoms with Gasteiger partial charge in [-0.25, -0.2) is 0 Å². The van der Waals surface area contributed by atoms with E-state index in [1.807, 2.05) is 24.3 Å². The zero-order valence-electron chi connectivity index (χ0n) is 8.78. The molecule has 1 saturated heterocycles. The third kappa shape index (κ3) is 2.02. The van der Waals surface area contributed by atoms with Crippen LogP contribution in [0, 0.1) is 0 Å². The van der Waals surface area contributed by atoms with E-state index >= 15 is 0 Å². The Bertz CT molecular complexity index is 415. The molecule has 4 heteroatoms. The van der Waals surface area contributed by atoms with Gasteiger partial charge in [0.25, 0.3) is 0 Å². The molecular weight excluding hydrogens is 270 g/mol. The summed E-state index contributed by atoms with van der Waals surface area (Å²) in [7, 11) is 0. The standard InChI is InChI=1S/C12H12BrNO2/c13-8-9-4-1-2-5-10(9)14-11(15)6-3-7-12(14)16/h1-2,4-5H,3,6-8H2. The fourth-order valence-corrected chi connectivity index (χ4v) is 2.34. The van der Waals surface area contributed by atoms with Crippen molar-refractivity contribution in [3.8, 4) is 0 Å². The highest BCUT2D eigenvalue weighted by Crippen LogP contribution is 2.26. The second-order valence-corrected chi connectivity index (χ2v) is 4.30. The van der Waals surface area contributed by atoms with E-state index < -0.39 is 0 Å². The van der Waals surface area contributed by atoms with E-state index in [0.717, 1.165) is 5.56 Å². The second kappa shape index (κ2) is 4.78. The highest BCUT2D eigenvalue weighted by Gasteiger charge is 2.28. The normalized spacial score (nSPS) is 16.7. The number of hydrogen-bond donors (Lipinski definition) is 0. The summed E-state index contributed by atoms with van der Waals surface area (Å²) in [6.07, 6.45) is 1.59. The van der Waals surface area contributed by atoms with Gasteiger partial charge >= 0.3 is 0 Å². The molecule has 1 heterocycles. The fourth-order valence-electron chi connectivity index (χ4n) is 1.86. The first-order valence-corrected chi connectivity index (χ1v) is 6.36. The summed E-state index contributed by atoms with van der Waals surface area (Å²) in [5.74, 6) is -0.186. The van der Waals surface area contributed by atoms with Crippen LogP contribution in [0.2, 0.25) is 0 Å². The molecule has 0 N–H and O–H groups in total. The predicted molar refractivity (Wildman–Crippen MR) is 65.4 cm³/mol. The molecule has 1 aromatic carbocycles. The monoisotopic (exact) mass is 281 g/mol. The molecule has 2 amide bonds. The summed E-state index contributed by atoms with van der Waals surface area (Å²) >= 11 is 3.37. The number of anilines is 1. The number of carbonyl (C=O) groups is 2. The Balaban J connectivity index is 2.41. The molecule has 3 nitrogen and oxygen atoms in total. The Morgan fingerprint density at radius 2 is 1.75 bits per heavy atom. The maximum atomic E-state index is 11.8. The lowest BCUT2D eigenvalue weighted by atomic mass is 10.1. The number of carbonyl (C=O) groups excluding carboxylic acids is 2. The largest absolute Gasteiger partial charge is 0.274 e. The summed E-state index contributed by atoms with van der Waals surface area (Å²) in [5.41, 5.74) is 1.68. The van der Waals surface area contributed by atoms with Gasteiger partial charge in [0.1, 0.15) is 0 Å². The van der Waals surface area contributed by atoms with Crippen molar-refractivity contribution in [1.82, 2.24) is 0 Å². The van der Waals surface area contributed by atoms with E-state index in [9.17, 15) is 9.59 Å². The third-order valence-corrected chi connectivity index (χ3v) is 3.26. The van der Waals surface area contributed by atoms with E-state index in [1.54, 1.807) is 0 Å². The molecule has 2 rings (SSSR count). The van der Waals surface area contributed by atoms with Gasteiger partial charge in [0.2, 0.25) is 11.8 Å². The summed E-state index contributed by atoms with van der Waals surface area (Å²) in [5, 5.41) is 0.639. The van der Waals surface area contributed by atoms with Crippen molar-refractivity contribution in [3.63, 3.8) is 0 Å². The van der Waals surface area contributed by atoms with E-state index in [-0.39, 0.29) is 11.8 Å². The van der Waals surface area contributed by atoms with Gasteiger partial charge in [-0.15, -0.1) is 0 Å². The number of piperidine rings is 1. The van der Waals surface area contributed by atoms with Gasteiger partial charge in [-0.2, -0.15) is 0 Å². The summed E-state index contributed by atoms with van der Waals surface area (Å²) < 4.78 is 0. The average Bonchev–Trinajstić information content (AvgIpc) is 2.29. The van der Waals surface area contributed by atoms with Gasteiger partial charge < -0.3 is 0 Å². The number of alkyl halides is 1. The third-order valence-electron chi connectivity index (χ3n) is 2.66. The molecule has 16 heavy (non-hydrogen) atoms. The first-order valence-electron chi connectivity index (χ1n) is 5.23. The topological polar surface area (TPSA) is 37.4 Å². The van der Waals surface area contributed by atoms with Crippen LogP contribution in [0.15, 0.2) is 24.3 Å². The Hall–Kier alpha value is -1.16. The van der Waals surface area contributed by atoms with E-state index in [2.05, 4.69) is 15.9 Å². The van der Waals surface area contributed by atoms with Crippen LogP contribution in [0.4, 0.5) is 5.69 Å². The molecule has 0 unspecified atom stereocenters. The lowest BCUT2D eigenvalue weighted by Gasteiger charge is -2.26. The van der Waals surface area contributed by atoms with Crippen molar-refractivity contribution in [1.29, 1.82) is 0 Å². The highest BCUT2D eigenvalue weighted by atomic mass is 79.9. The van der Waals surface area contributed by atoms with Crippen molar-refractivity contribution in [2.75, 3.05) is 4.90 Å². The van der Waals surface area contributed by atoms with Crippen molar-refractivity contribution in [2.24, 2.45) is 0 Å². The first-order chi connectivity index (χ1) is 7.74. The highest BCUT2D eigenvalue weighted by molar-refractivity contribution is 9.08. The van der Waals surface area contributed by atoms with Crippen LogP contribution in [0.5, 0.6) is 0 Å². The maximum absolute atomic E-state index is 11.8. The van der Waals surface area contributed by atoms with Crippen LogP contribution in [-0.4, -0.2) is 11.8 Å². The zero-order chi connectivity index (χ0) is 11.5. The number of nitrogens with zero attached hydrogens (tertiary/aromatic N) is 1. The maximum Gasteiger partial charge on any atom is 0.233 e. The number of rotatable bonds is 2. The van der Waals surface area contributed by atoms with Crippen LogP contribution >= 0.6 is 15.9 Å². The molecule has 0 radical (unpaired) electrons. The Labute approximate surface area is 103 Å². The number of halogens is 1. The molecule has 1 aromatic rings. The minimum atomic E-state index is -0.0929. The number of amides is 2. The lowest BCUT2D eigenvalue weighted by Crippen LogP contribution is -2.40. The zero-order valence-corrected chi connectivity index (χ0v) is 10.4. The van der Waals surface area contributed by atoms with Crippen LogP contribution < -0.4 is 4.90 Å². The van der Waals surface area contributed by atoms with Crippen molar-refractivity contribution in [3.05, 3.63) is 29.8 Å². The Morgan fingerprint density at radius 1 is 1.12 bits per heavy atom. The predicted octanol–water partition coefficient (Wildman–Crippen LogP) is 2.63. The van der Waals surface area contributed by atoms with Gasteiger partial charge in [-0.1, -0.05) is 34.1 Å². The molecular formula is C12H12BrNO2. The van der Waals surface area contributed by atoms with Gasteiger partial charge in [0.05, 0.1) is 5.69 Å². The minimum Gasteiger partial charge on any atom is -0.274 e. The van der Waals surface area contributed by atoms with Gasteiger partial charge in [-0.05, 0) is 18.1 Å². The molecule has 0 bridgehead atoms. The van der Waals surface area contributed by atoms with Gasteiger partial charge in [-0.3, -0.25) is 14.5 Å². The number of para-hydroxylation sites is 1. The van der Waals surface area contributed by atoms with E-state index in [1.165, 1.54) is 4.90 Å². The molecule has 1 aliphatic heterocycles. The molecule has 84 valence electrons. The fraction of sp³-hybridized carbons (Fsp3) is 0.333. The van der Waals surface area contributed by atoms with Gasteiger partial charge in [0, 0.05) is 18.2 Å². The summed E-state index contributed by atoms with van der Waals surface area (Å²) in [4.78, 5) is 24.8. The van der Waals surface area contributed by atoms with E-state index in [0.29, 0.717) is 30.3 Å². The number of hydrogen-bond acceptors (Lipinski definition) is 2. The van der Waals surface area contributed by atoms with Crippen LogP contribution in [0.25, 0.3) is 0 Å².